The summed E-state index contributed by atoms with van der Waals surface area (Å²) in [4.78, 5) is 2.24. The van der Waals surface area contributed by atoms with E-state index in [0.717, 1.165) is 12.3 Å². The molecule has 108 valence electrons. The minimum atomic E-state index is 0.0975. The molecule has 20 heavy (non-hydrogen) atoms. The van der Waals surface area contributed by atoms with E-state index in [1.165, 1.54) is 5.56 Å². The number of hydrogen-bond acceptors (Lipinski definition) is 4. The molecule has 1 heterocycles. The molecule has 0 aliphatic rings. The maximum absolute atomic E-state index is 9.69. The highest BCUT2D eigenvalue weighted by molar-refractivity contribution is 5.14. The van der Waals surface area contributed by atoms with Crippen molar-refractivity contribution in [2.24, 2.45) is 5.92 Å². The van der Waals surface area contributed by atoms with Crippen LogP contribution in [0.1, 0.15) is 25.2 Å². The summed E-state index contributed by atoms with van der Waals surface area (Å²) in [5, 5.41) is 13.4. The van der Waals surface area contributed by atoms with Gasteiger partial charge >= 0.3 is 0 Å². The highest BCUT2D eigenvalue weighted by atomic mass is 16.5. The van der Waals surface area contributed by atoms with Crippen LogP contribution in [0, 0.1) is 5.92 Å². The zero-order valence-corrected chi connectivity index (χ0v) is 12.1. The predicted octanol–water partition coefficient (Wildman–Crippen LogP) is 2.69. The van der Waals surface area contributed by atoms with Crippen molar-refractivity contribution in [3.63, 3.8) is 0 Å². The molecule has 4 heteroatoms. The molecular formula is C16H22N2O2. The molecular weight excluding hydrogens is 252 g/mol. The van der Waals surface area contributed by atoms with Crippen LogP contribution >= 0.6 is 0 Å². The normalized spacial score (nSPS) is 13.1. The van der Waals surface area contributed by atoms with Gasteiger partial charge < -0.3 is 9.63 Å². The fourth-order valence-electron chi connectivity index (χ4n) is 2.38. The van der Waals surface area contributed by atoms with Crippen LogP contribution in [-0.2, 0) is 13.1 Å². The highest BCUT2D eigenvalue weighted by Gasteiger charge is 2.22. The lowest BCUT2D eigenvalue weighted by Crippen LogP contribution is -2.40. The Balaban J connectivity index is 2.14. The molecule has 1 aromatic heterocycles. The number of aromatic nitrogens is 1. The summed E-state index contributed by atoms with van der Waals surface area (Å²) in [6, 6.07) is 12.2. The van der Waals surface area contributed by atoms with E-state index in [2.05, 4.69) is 36.0 Å². The first-order chi connectivity index (χ1) is 9.70. The van der Waals surface area contributed by atoms with E-state index in [4.69, 9.17) is 4.52 Å². The van der Waals surface area contributed by atoms with Gasteiger partial charge in [0.25, 0.3) is 0 Å². The number of aliphatic hydroxyl groups excluding tert-OH is 1. The zero-order chi connectivity index (χ0) is 14.4. The molecule has 0 radical (unpaired) electrons. The van der Waals surface area contributed by atoms with Gasteiger partial charge in [-0.15, -0.1) is 0 Å². The monoisotopic (exact) mass is 274 g/mol. The number of benzene rings is 1. The van der Waals surface area contributed by atoms with Crippen molar-refractivity contribution < 1.29 is 9.63 Å². The third-order valence-electron chi connectivity index (χ3n) is 3.50. The van der Waals surface area contributed by atoms with Crippen molar-refractivity contribution in [2.75, 3.05) is 6.61 Å². The van der Waals surface area contributed by atoms with Crippen LogP contribution in [0.5, 0.6) is 0 Å². The van der Waals surface area contributed by atoms with Gasteiger partial charge in [-0.3, -0.25) is 4.90 Å². The molecule has 0 spiro atoms. The summed E-state index contributed by atoms with van der Waals surface area (Å²) in [6.45, 7) is 5.82. The van der Waals surface area contributed by atoms with E-state index >= 15 is 0 Å². The number of nitrogens with zero attached hydrogens (tertiary/aromatic N) is 2. The number of aliphatic hydroxyl groups is 1. The van der Waals surface area contributed by atoms with Gasteiger partial charge in [-0.25, -0.2) is 0 Å². The maximum Gasteiger partial charge on any atom is 0.150 e. The van der Waals surface area contributed by atoms with Gasteiger partial charge in [0, 0.05) is 18.7 Å². The Labute approximate surface area is 120 Å². The van der Waals surface area contributed by atoms with Crippen molar-refractivity contribution in [2.45, 2.75) is 33.0 Å². The van der Waals surface area contributed by atoms with Crippen molar-refractivity contribution in [1.29, 1.82) is 0 Å². The van der Waals surface area contributed by atoms with Crippen molar-refractivity contribution in [1.82, 2.24) is 10.1 Å². The summed E-state index contributed by atoms with van der Waals surface area (Å²) in [5.41, 5.74) is 1.23. The Bertz CT molecular complexity index is 482. The van der Waals surface area contributed by atoms with Gasteiger partial charge in [0.1, 0.15) is 0 Å². The predicted molar refractivity (Wildman–Crippen MR) is 77.9 cm³/mol. The number of hydrogen-bond donors (Lipinski definition) is 1. The Kier molecular flexibility index (Phi) is 5.32. The lowest BCUT2D eigenvalue weighted by Gasteiger charge is -2.32. The Morgan fingerprint density at radius 1 is 1.15 bits per heavy atom. The molecule has 1 aromatic carbocycles. The van der Waals surface area contributed by atoms with Gasteiger partial charge in [-0.2, -0.15) is 0 Å². The molecule has 0 fully saturated rings. The molecule has 1 N–H and O–H groups in total. The molecule has 0 amide bonds. The lowest BCUT2D eigenvalue weighted by molar-refractivity contribution is 0.0710. The molecule has 0 bridgehead atoms. The van der Waals surface area contributed by atoms with E-state index in [0.29, 0.717) is 12.5 Å². The van der Waals surface area contributed by atoms with Crippen LogP contribution in [0.15, 0.2) is 47.1 Å². The van der Waals surface area contributed by atoms with Gasteiger partial charge in [0.15, 0.2) is 5.76 Å². The third kappa shape index (κ3) is 3.92. The standard InChI is InChI=1S/C16H22N2O2/c1-13(2)16(12-19)18(11-15-8-9-17-20-15)10-14-6-4-3-5-7-14/h3-9,13,16,19H,10-12H2,1-2H3/t16-/m0/s1. The maximum atomic E-state index is 9.69. The molecule has 4 nitrogen and oxygen atoms in total. The van der Waals surface area contributed by atoms with E-state index < -0.39 is 0 Å². The summed E-state index contributed by atoms with van der Waals surface area (Å²) in [7, 11) is 0. The third-order valence-corrected chi connectivity index (χ3v) is 3.50. The first-order valence-corrected chi connectivity index (χ1v) is 6.99. The van der Waals surface area contributed by atoms with E-state index in [1.807, 2.05) is 24.3 Å². The van der Waals surface area contributed by atoms with Gasteiger partial charge in [-0.05, 0) is 11.5 Å². The second kappa shape index (κ2) is 7.22. The molecule has 0 saturated carbocycles. The molecule has 1 atom stereocenters. The number of rotatable bonds is 7. The highest BCUT2D eigenvalue weighted by Crippen LogP contribution is 2.18. The van der Waals surface area contributed by atoms with Crippen molar-refractivity contribution in [3.05, 3.63) is 53.9 Å². The van der Waals surface area contributed by atoms with E-state index in [-0.39, 0.29) is 12.6 Å². The first kappa shape index (κ1) is 14.8. The quantitative estimate of drug-likeness (QED) is 0.843. The zero-order valence-electron chi connectivity index (χ0n) is 12.1. The van der Waals surface area contributed by atoms with Crippen molar-refractivity contribution in [3.8, 4) is 0 Å². The first-order valence-electron chi connectivity index (χ1n) is 6.99. The molecule has 0 aliphatic heterocycles. The van der Waals surface area contributed by atoms with E-state index in [1.54, 1.807) is 6.20 Å². The second-order valence-corrected chi connectivity index (χ2v) is 5.36. The Morgan fingerprint density at radius 3 is 2.45 bits per heavy atom. The van der Waals surface area contributed by atoms with Crippen LogP contribution in [0.3, 0.4) is 0 Å². The average Bonchev–Trinajstić information content (AvgIpc) is 2.93. The Hall–Kier alpha value is -1.65. The molecule has 2 rings (SSSR count). The average molecular weight is 274 g/mol. The minimum absolute atomic E-state index is 0.0975. The molecule has 0 saturated heterocycles. The minimum Gasteiger partial charge on any atom is -0.395 e. The van der Waals surface area contributed by atoms with Gasteiger partial charge in [-0.1, -0.05) is 49.3 Å². The fourth-order valence-corrected chi connectivity index (χ4v) is 2.38. The summed E-state index contributed by atoms with van der Waals surface area (Å²) in [5.74, 6) is 1.19. The fraction of sp³-hybridized carbons (Fsp3) is 0.438. The summed E-state index contributed by atoms with van der Waals surface area (Å²) >= 11 is 0. The van der Waals surface area contributed by atoms with Crippen LogP contribution in [0.2, 0.25) is 0 Å². The second-order valence-electron chi connectivity index (χ2n) is 5.36. The molecule has 0 aliphatic carbocycles. The van der Waals surface area contributed by atoms with Gasteiger partial charge in [0.05, 0.1) is 19.3 Å². The Morgan fingerprint density at radius 2 is 1.90 bits per heavy atom. The summed E-state index contributed by atoms with van der Waals surface area (Å²) < 4.78 is 5.20. The smallest absolute Gasteiger partial charge is 0.150 e. The largest absolute Gasteiger partial charge is 0.395 e. The lowest BCUT2D eigenvalue weighted by atomic mass is 10.0. The molecule has 0 unspecified atom stereocenters. The van der Waals surface area contributed by atoms with Crippen molar-refractivity contribution >= 4 is 0 Å². The molecule has 2 aromatic rings. The van der Waals surface area contributed by atoms with Crippen LogP contribution in [0.4, 0.5) is 0 Å². The van der Waals surface area contributed by atoms with Crippen LogP contribution in [-0.4, -0.2) is 27.8 Å². The SMILES string of the molecule is CC(C)[C@H](CO)N(Cc1ccccc1)Cc1ccno1. The van der Waals surface area contributed by atoms with Crippen LogP contribution < -0.4 is 0 Å². The summed E-state index contributed by atoms with van der Waals surface area (Å²) in [6.07, 6.45) is 1.65. The topological polar surface area (TPSA) is 49.5 Å². The van der Waals surface area contributed by atoms with Gasteiger partial charge in [0.2, 0.25) is 0 Å². The van der Waals surface area contributed by atoms with E-state index in [9.17, 15) is 5.11 Å². The van der Waals surface area contributed by atoms with Crippen LogP contribution in [0.25, 0.3) is 0 Å².